The van der Waals surface area contributed by atoms with Gasteiger partial charge in [0.05, 0.1) is 11.8 Å². The standard InChI is InChI=1S/C25H30N6O4/c1-25(2,3)35-24(33)30(4)21-13-20(28-18-6-5-11-26-23(18)34-16-9-10-16)29-22-17(14-27-31(21)22)19(32)12-15-7-8-15/h5-6,11,13-16H,7-10,12H2,1-4H3,(H,28,29). The Kier molecular flexibility index (Phi) is 5.82. The summed E-state index contributed by atoms with van der Waals surface area (Å²) in [5, 5.41) is 7.66. The van der Waals surface area contributed by atoms with Crippen LogP contribution in [0.4, 0.5) is 22.1 Å². The van der Waals surface area contributed by atoms with E-state index in [9.17, 15) is 9.59 Å². The van der Waals surface area contributed by atoms with Gasteiger partial charge in [-0.25, -0.2) is 14.8 Å². The van der Waals surface area contributed by atoms with Gasteiger partial charge < -0.3 is 14.8 Å². The molecule has 0 aromatic carbocycles. The van der Waals surface area contributed by atoms with Crippen LogP contribution in [0.2, 0.25) is 0 Å². The van der Waals surface area contributed by atoms with Gasteiger partial charge in [-0.1, -0.05) is 0 Å². The second-order valence-electron chi connectivity index (χ2n) is 10.2. The molecule has 0 spiro atoms. The van der Waals surface area contributed by atoms with Crippen LogP contribution >= 0.6 is 0 Å². The smallest absolute Gasteiger partial charge is 0.415 e. The van der Waals surface area contributed by atoms with Gasteiger partial charge in [-0.3, -0.25) is 9.69 Å². The van der Waals surface area contributed by atoms with Crippen molar-refractivity contribution in [1.82, 2.24) is 19.6 Å². The lowest BCUT2D eigenvalue weighted by Gasteiger charge is -2.25. The molecule has 1 amide bonds. The fraction of sp³-hybridized carbons (Fsp3) is 0.480. The number of carbonyl (C=O) groups is 2. The van der Waals surface area contributed by atoms with Crippen LogP contribution in [0, 0.1) is 5.92 Å². The first-order chi connectivity index (χ1) is 16.7. The van der Waals surface area contributed by atoms with Gasteiger partial charge in [0.15, 0.2) is 11.4 Å². The number of anilines is 3. The summed E-state index contributed by atoms with van der Waals surface area (Å²) in [4.78, 5) is 36.3. The van der Waals surface area contributed by atoms with E-state index in [0.29, 0.717) is 46.8 Å². The monoisotopic (exact) mass is 478 g/mol. The summed E-state index contributed by atoms with van der Waals surface area (Å²) in [5.74, 6) is 1.75. The van der Waals surface area contributed by atoms with Crippen LogP contribution in [-0.4, -0.2) is 50.2 Å². The van der Waals surface area contributed by atoms with E-state index in [-0.39, 0.29) is 11.9 Å². The Bertz CT molecular complexity index is 1270. The van der Waals surface area contributed by atoms with Crippen LogP contribution in [0.15, 0.2) is 30.6 Å². The topological polar surface area (TPSA) is 111 Å². The fourth-order valence-corrected chi connectivity index (χ4v) is 3.63. The molecule has 0 radical (unpaired) electrons. The summed E-state index contributed by atoms with van der Waals surface area (Å²) >= 11 is 0. The van der Waals surface area contributed by atoms with Gasteiger partial charge in [0, 0.05) is 25.7 Å². The molecule has 3 aromatic rings. The number of amides is 1. The maximum absolute atomic E-state index is 13.0. The van der Waals surface area contributed by atoms with E-state index in [2.05, 4.69) is 15.4 Å². The van der Waals surface area contributed by atoms with Crippen LogP contribution in [-0.2, 0) is 4.74 Å². The van der Waals surface area contributed by atoms with Gasteiger partial charge in [-0.15, -0.1) is 0 Å². The number of Topliss-reactive ketones (excluding diaryl/α,β-unsaturated/α-hetero) is 1. The molecule has 10 nitrogen and oxygen atoms in total. The molecule has 3 heterocycles. The van der Waals surface area contributed by atoms with Crippen molar-refractivity contribution in [2.45, 2.75) is 64.6 Å². The normalized spacial score (nSPS) is 15.7. The van der Waals surface area contributed by atoms with Crippen molar-refractivity contribution >= 4 is 34.8 Å². The zero-order chi connectivity index (χ0) is 24.7. The summed E-state index contributed by atoms with van der Waals surface area (Å²) in [7, 11) is 1.60. The highest BCUT2D eigenvalue weighted by Gasteiger charge is 2.29. The number of rotatable bonds is 8. The molecule has 2 saturated carbocycles. The summed E-state index contributed by atoms with van der Waals surface area (Å²) in [6.45, 7) is 5.42. The van der Waals surface area contributed by atoms with Crippen molar-refractivity contribution in [1.29, 1.82) is 0 Å². The second-order valence-corrected chi connectivity index (χ2v) is 10.2. The van der Waals surface area contributed by atoms with Crippen LogP contribution in [0.5, 0.6) is 5.88 Å². The van der Waals surface area contributed by atoms with Crippen LogP contribution in [0.1, 0.15) is 63.2 Å². The van der Waals surface area contributed by atoms with Crippen molar-refractivity contribution in [2.24, 2.45) is 5.92 Å². The SMILES string of the molecule is CN(C(=O)OC(C)(C)C)c1cc(Nc2cccnc2OC2CC2)nc2c(C(=O)CC3CC3)cnn12. The molecule has 0 bridgehead atoms. The van der Waals surface area contributed by atoms with Crippen molar-refractivity contribution in [2.75, 3.05) is 17.3 Å². The van der Waals surface area contributed by atoms with Crippen LogP contribution in [0.25, 0.3) is 5.65 Å². The summed E-state index contributed by atoms with van der Waals surface area (Å²) in [6.07, 6.45) is 7.46. The molecule has 0 atom stereocenters. The molecule has 35 heavy (non-hydrogen) atoms. The van der Waals surface area contributed by atoms with Gasteiger partial charge in [0.25, 0.3) is 0 Å². The quantitative estimate of drug-likeness (QED) is 0.461. The average molecular weight is 479 g/mol. The minimum atomic E-state index is -0.668. The Balaban J connectivity index is 1.54. The maximum Gasteiger partial charge on any atom is 0.415 e. The highest BCUT2D eigenvalue weighted by molar-refractivity contribution is 6.02. The lowest BCUT2D eigenvalue weighted by Crippen LogP contribution is -2.35. The first-order valence-corrected chi connectivity index (χ1v) is 12.0. The molecule has 184 valence electrons. The molecule has 0 aliphatic heterocycles. The number of nitrogens with zero attached hydrogens (tertiary/aromatic N) is 5. The van der Waals surface area contributed by atoms with Crippen LogP contribution < -0.4 is 15.0 Å². The lowest BCUT2D eigenvalue weighted by molar-refractivity contribution is 0.0587. The Morgan fingerprint density at radius 1 is 1.23 bits per heavy atom. The van der Waals surface area contributed by atoms with Crippen molar-refractivity contribution < 1.29 is 19.1 Å². The zero-order valence-corrected chi connectivity index (χ0v) is 20.4. The average Bonchev–Trinajstić information content (AvgIpc) is 3.73. The van der Waals surface area contributed by atoms with E-state index in [4.69, 9.17) is 14.5 Å². The van der Waals surface area contributed by atoms with Gasteiger partial charge in [0.1, 0.15) is 29.0 Å². The minimum Gasteiger partial charge on any atom is -0.473 e. The molecule has 2 aliphatic carbocycles. The molecule has 1 N–H and O–H groups in total. The van der Waals surface area contributed by atoms with Crippen molar-refractivity contribution in [3.8, 4) is 5.88 Å². The van der Waals surface area contributed by atoms with Crippen LogP contribution in [0.3, 0.4) is 0 Å². The van der Waals surface area contributed by atoms with E-state index in [0.717, 1.165) is 25.7 Å². The van der Waals surface area contributed by atoms with Gasteiger partial charge >= 0.3 is 6.09 Å². The third-order valence-corrected chi connectivity index (χ3v) is 5.77. The number of hydrogen-bond acceptors (Lipinski definition) is 8. The van der Waals surface area contributed by atoms with Crippen molar-refractivity contribution in [3.63, 3.8) is 0 Å². The number of fused-ring (bicyclic) bond motifs is 1. The predicted octanol–water partition coefficient (Wildman–Crippen LogP) is 4.76. The van der Waals surface area contributed by atoms with E-state index < -0.39 is 11.7 Å². The Labute approximate surface area is 203 Å². The number of ether oxygens (including phenoxy) is 2. The number of hydrogen-bond donors (Lipinski definition) is 1. The number of aromatic nitrogens is 4. The van der Waals surface area contributed by atoms with Gasteiger partial charge in [-0.05, 0) is 64.5 Å². The Morgan fingerprint density at radius 3 is 2.69 bits per heavy atom. The summed E-state index contributed by atoms with van der Waals surface area (Å²) < 4.78 is 13.0. The number of nitrogens with one attached hydrogen (secondary N) is 1. The zero-order valence-electron chi connectivity index (χ0n) is 20.4. The van der Waals surface area contributed by atoms with Gasteiger partial charge in [0.2, 0.25) is 5.88 Å². The molecule has 2 aliphatic rings. The highest BCUT2D eigenvalue weighted by atomic mass is 16.6. The summed E-state index contributed by atoms with van der Waals surface area (Å²) in [5.41, 5.74) is 0.783. The van der Waals surface area contributed by atoms with Gasteiger partial charge in [-0.2, -0.15) is 9.61 Å². The first kappa shape index (κ1) is 23.1. The minimum absolute atomic E-state index is 0.00263. The van der Waals surface area contributed by atoms with Crippen molar-refractivity contribution in [3.05, 3.63) is 36.2 Å². The highest BCUT2D eigenvalue weighted by Crippen LogP contribution is 2.35. The molecule has 2 fully saturated rings. The van der Waals surface area contributed by atoms with E-state index in [1.807, 2.05) is 6.07 Å². The Hall–Kier alpha value is -3.69. The molecular formula is C25H30N6O4. The molecule has 0 unspecified atom stereocenters. The molecule has 3 aromatic heterocycles. The number of ketones is 1. The predicted molar refractivity (Wildman–Crippen MR) is 130 cm³/mol. The molecule has 10 heteroatoms. The summed E-state index contributed by atoms with van der Waals surface area (Å²) in [6, 6.07) is 5.34. The van der Waals surface area contributed by atoms with E-state index in [1.54, 1.807) is 46.1 Å². The Morgan fingerprint density at radius 2 is 2.00 bits per heavy atom. The fourth-order valence-electron chi connectivity index (χ4n) is 3.63. The van der Waals surface area contributed by atoms with E-state index in [1.165, 1.54) is 15.6 Å². The maximum atomic E-state index is 13.0. The molecule has 0 saturated heterocycles. The molecular weight excluding hydrogens is 448 g/mol. The first-order valence-electron chi connectivity index (χ1n) is 12.0. The number of carbonyl (C=O) groups excluding carboxylic acids is 2. The van der Waals surface area contributed by atoms with E-state index >= 15 is 0 Å². The second kappa shape index (κ2) is 8.83. The third-order valence-electron chi connectivity index (χ3n) is 5.77. The third kappa shape index (κ3) is 5.36. The lowest BCUT2D eigenvalue weighted by atomic mass is 10.1. The number of pyridine rings is 1. The largest absolute Gasteiger partial charge is 0.473 e. The molecule has 5 rings (SSSR count).